The molecule has 0 aliphatic carbocycles. The van der Waals surface area contributed by atoms with Gasteiger partial charge < -0.3 is 10.6 Å². The van der Waals surface area contributed by atoms with Crippen LogP contribution in [0.1, 0.15) is 30.6 Å². The molecule has 0 aliphatic rings. The molecule has 19 heavy (non-hydrogen) atoms. The lowest BCUT2D eigenvalue weighted by atomic mass is 10.1. The highest BCUT2D eigenvalue weighted by Gasteiger charge is 2.16. The number of anilines is 1. The smallest absolute Gasteiger partial charge is 0.270 e. The second-order valence-corrected chi connectivity index (χ2v) is 4.46. The predicted octanol–water partition coefficient (Wildman–Crippen LogP) is 2.41. The molecular formula is C13H19N3O3. The molecule has 1 aromatic carbocycles. The van der Waals surface area contributed by atoms with Gasteiger partial charge in [0.1, 0.15) is 0 Å². The number of non-ortho nitro benzene ring substituents is 1. The third kappa shape index (κ3) is 3.94. The third-order valence-corrected chi connectivity index (χ3v) is 3.04. The van der Waals surface area contributed by atoms with Gasteiger partial charge in [-0.25, -0.2) is 0 Å². The molecule has 0 saturated carbocycles. The zero-order chi connectivity index (χ0) is 14.4. The molecule has 6 nitrogen and oxygen atoms in total. The van der Waals surface area contributed by atoms with E-state index < -0.39 is 4.92 Å². The summed E-state index contributed by atoms with van der Waals surface area (Å²) >= 11 is 0. The minimum absolute atomic E-state index is 0.0901. The van der Waals surface area contributed by atoms with Crippen LogP contribution in [0.4, 0.5) is 11.4 Å². The number of carbonyl (C=O) groups is 1. The molecule has 2 N–H and O–H groups in total. The van der Waals surface area contributed by atoms with Crippen molar-refractivity contribution < 1.29 is 9.72 Å². The number of benzene rings is 1. The van der Waals surface area contributed by atoms with E-state index in [4.69, 9.17) is 0 Å². The van der Waals surface area contributed by atoms with Crippen molar-refractivity contribution in [2.24, 2.45) is 5.92 Å². The first-order chi connectivity index (χ1) is 8.99. The van der Waals surface area contributed by atoms with Gasteiger partial charge in [-0.2, -0.15) is 0 Å². The molecule has 1 atom stereocenters. The Labute approximate surface area is 112 Å². The highest BCUT2D eigenvalue weighted by Crippen LogP contribution is 2.21. The fourth-order valence-corrected chi connectivity index (χ4v) is 1.56. The summed E-state index contributed by atoms with van der Waals surface area (Å²) in [7, 11) is 1.67. The molecule has 0 heterocycles. The maximum absolute atomic E-state index is 12.0. The van der Waals surface area contributed by atoms with E-state index in [1.54, 1.807) is 7.05 Å². The van der Waals surface area contributed by atoms with Crippen molar-refractivity contribution in [1.29, 1.82) is 0 Å². The van der Waals surface area contributed by atoms with E-state index in [9.17, 15) is 14.9 Å². The summed E-state index contributed by atoms with van der Waals surface area (Å²) in [5.41, 5.74) is 0.778. The summed E-state index contributed by atoms with van der Waals surface area (Å²) in [6, 6.07) is 4.20. The van der Waals surface area contributed by atoms with Crippen LogP contribution in [0.5, 0.6) is 0 Å². The lowest BCUT2D eigenvalue weighted by molar-refractivity contribution is -0.384. The predicted molar refractivity (Wildman–Crippen MR) is 74.4 cm³/mol. The lowest BCUT2D eigenvalue weighted by Crippen LogP contribution is -2.28. The summed E-state index contributed by atoms with van der Waals surface area (Å²) in [6.07, 6.45) is 0.966. The van der Waals surface area contributed by atoms with Crippen LogP contribution in [0.3, 0.4) is 0 Å². The fraction of sp³-hybridized carbons (Fsp3) is 0.462. The summed E-state index contributed by atoms with van der Waals surface area (Å²) in [6.45, 7) is 4.64. The van der Waals surface area contributed by atoms with Crippen molar-refractivity contribution in [3.8, 4) is 0 Å². The quantitative estimate of drug-likeness (QED) is 0.611. The molecule has 0 spiro atoms. The third-order valence-electron chi connectivity index (χ3n) is 3.04. The zero-order valence-electron chi connectivity index (χ0n) is 11.4. The second-order valence-electron chi connectivity index (χ2n) is 4.46. The van der Waals surface area contributed by atoms with E-state index in [1.165, 1.54) is 18.2 Å². The standard InChI is InChI=1S/C13H19N3O3/c1-4-9(2)8-15-13(17)11-7-10(16(18)19)5-6-12(11)14-3/h5-7,9,14H,4,8H2,1-3H3,(H,15,17). The van der Waals surface area contributed by atoms with Crippen LogP contribution < -0.4 is 10.6 Å². The molecule has 0 aliphatic heterocycles. The van der Waals surface area contributed by atoms with Gasteiger partial charge in [0.15, 0.2) is 0 Å². The number of hydrogen-bond acceptors (Lipinski definition) is 4. The number of rotatable bonds is 6. The van der Waals surface area contributed by atoms with E-state index >= 15 is 0 Å². The van der Waals surface area contributed by atoms with Crippen LogP contribution >= 0.6 is 0 Å². The van der Waals surface area contributed by atoms with E-state index in [2.05, 4.69) is 10.6 Å². The van der Waals surface area contributed by atoms with E-state index in [-0.39, 0.29) is 11.6 Å². The van der Waals surface area contributed by atoms with Crippen molar-refractivity contribution in [3.05, 3.63) is 33.9 Å². The van der Waals surface area contributed by atoms with Crippen LogP contribution in [0.2, 0.25) is 0 Å². The summed E-state index contributed by atoms with van der Waals surface area (Å²) in [4.78, 5) is 22.3. The molecule has 104 valence electrons. The number of nitro groups is 1. The maximum atomic E-state index is 12.0. The van der Waals surface area contributed by atoms with Crippen molar-refractivity contribution in [3.63, 3.8) is 0 Å². The first kappa shape index (κ1) is 14.9. The van der Waals surface area contributed by atoms with Crippen LogP contribution in [-0.4, -0.2) is 24.4 Å². The Hall–Kier alpha value is -2.11. The molecule has 1 aromatic rings. The minimum Gasteiger partial charge on any atom is -0.387 e. The SMILES string of the molecule is CCC(C)CNC(=O)c1cc([N+](=O)[O-])ccc1NC. The Bertz CT molecular complexity index is 474. The molecule has 0 saturated heterocycles. The number of carbonyl (C=O) groups excluding carboxylic acids is 1. The Kier molecular flexibility index (Phi) is 5.29. The fourth-order valence-electron chi connectivity index (χ4n) is 1.56. The molecular weight excluding hydrogens is 246 g/mol. The lowest BCUT2D eigenvalue weighted by Gasteiger charge is -2.12. The van der Waals surface area contributed by atoms with Gasteiger partial charge in [0, 0.05) is 31.4 Å². The van der Waals surface area contributed by atoms with Crippen LogP contribution in [-0.2, 0) is 0 Å². The largest absolute Gasteiger partial charge is 0.387 e. The minimum atomic E-state index is -0.509. The van der Waals surface area contributed by atoms with Crippen LogP contribution in [0, 0.1) is 16.0 Å². The number of nitrogens with one attached hydrogen (secondary N) is 2. The Morgan fingerprint density at radius 1 is 1.47 bits per heavy atom. The molecule has 0 bridgehead atoms. The van der Waals surface area contributed by atoms with E-state index in [0.717, 1.165) is 6.42 Å². The molecule has 0 aromatic heterocycles. The average Bonchev–Trinajstić information content (AvgIpc) is 2.43. The van der Waals surface area contributed by atoms with Gasteiger partial charge in [-0.05, 0) is 12.0 Å². The van der Waals surface area contributed by atoms with Crippen molar-refractivity contribution in [1.82, 2.24) is 5.32 Å². The number of nitro benzene ring substituents is 1. The normalized spacial score (nSPS) is 11.7. The summed E-state index contributed by atoms with van der Waals surface area (Å²) < 4.78 is 0. The second kappa shape index (κ2) is 6.72. The monoisotopic (exact) mass is 265 g/mol. The highest BCUT2D eigenvalue weighted by molar-refractivity contribution is 6.00. The van der Waals surface area contributed by atoms with Crippen LogP contribution in [0.25, 0.3) is 0 Å². The van der Waals surface area contributed by atoms with Gasteiger partial charge >= 0.3 is 0 Å². The molecule has 1 unspecified atom stereocenters. The first-order valence-electron chi connectivity index (χ1n) is 6.24. The van der Waals surface area contributed by atoms with Crippen molar-refractivity contribution in [2.45, 2.75) is 20.3 Å². The molecule has 0 fully saturated rings. The summed E-state index contributed by atoms with van der Waals surface area (Å²) in [5, 5.41) is 16.4. The number of nitrogens with zero attached hydrogens (tertiary/aromatic N) is 1. The molecule has 0 radical (unpaired) electrons. The topological polar surface area (TPSA) is 84.3 Å². The van der Waals surface area contributed by atoms with Gasteiger partial charge in [-0.1, -0.05) is 20.3 Å². The van der Waals surface area contributed by atoms with Gasteiger partial charge in [0.05, 0.1) is 10.5 Å². The van der Waals surface area contributed by atoms with Gasteiger partial charge in [-0.3, -0.25) is 14.9 Å². The Balaban J connectivity index is 2.93. The Morgan fingerprint density at radius 2 is 2.16 bits per heavy atom. The molecule has 1 amide bonds. The first-order valence-corrected chi connectivity index (χ1v) is 6.24. The number of hydrogen-bond donors (Lipinski definition) is 2. The van der Waals surface area contributed by atoms with Crippen molar-refractivity contribution in [2.75, 3.05) is 18.9 Å². The maximum Gasteiger partial charge on any atom is 0.270 e. The molecule has 1 rings (SSSR count). The highest BCUT2D eigenvalue weighted by atomic mass is 16.6. The van der Waals surface area contributed by atoms with E-state index in [1.807, 2.05) is 13.8 Å². The van der Waals surface area contributed by atoms with Crippen LogP contribution in [0.15, 0.2) is 18.2 Å². The molecule has 6 heteroatoms. The zero-order valence-corrected chi connectivity index (χ0v) is 11.4. The Morgan fingerprint density at radius 3 is 2.68 bits per heavy atom. The van der Waals surface area contributed by atoms with Gasteiger partial charge in [0.25, 0.3) is 11.6 Å². The summed E-state index contributed by atoms with van der Waals surface area (Å²) in [5.74, 6) is 0.0778. The van der Waals surface area contributed by atoms with E-state index in [0.29, 0.717) is 23.7 Å². The average molecular weight is 265 g/mol. The van der Waals surface area contributed by atoms with Gasteiger partial charge in [-0.15, -0.1) is 0 Å². The number of amides is 1. The van der Waals surface area contributed by atoms with Gasteiger partial charge in [0.2, 0.25) is 0 Å². The van der Waals surface area contributed by atoms with Crippen molar-refractivity contribution >= 4 is 17.3 Å².